The molecular formula is C20H24N2O4. The lowest BCUT2D eigenvalue weighted by atomic mass is 9.88. The number of hydrogen-bond donors (Lipinski definition) is 1. The van der Waals surface area contributed by atoms with Crippen LogP contribution in [0, 0.1) is 0 Å². The van der Waals surface area contributed by atoms with E-state index in [1.54, 1.807) is 42.6 Å². The Balaban J connectivity index is 1.83. The number of rotatable bonds is 10. The lowest BCUT2D eigenvalue weighted by Crippen LogP contribution is -2.42. The third-order valence-electron chi connectivity index (χ3n) is 4.36. The average Bonchev–Trinajstić information content (AvgIpc) is 3.16. The van der Waals surface area contributed by atoms with E-state index in [2.05, 4.69) is 15.0 Å². The van der Waals surface area contributed by atoms with Crippen LogP contribution in [-0.4, -0.2) is 43.1 Å². The maximum absolute atomic E-state index is 12.7. The van der Waals surface area contributed by atoms with Crippen molar-refractivity contribution in [3.63, 3.8) is 0 Å². The van der Waals surface area contributed by atoms with E-state index in [1.807, 2.05) is 6.07 Å². The lowest BCUT2D eigenvalue weighted by molar-refractivity contribution is -0.140. The summed E-state index contributed by atoms with van der Waals surface area (Å²) in [6, 6.07) is 8.78. The number of methoxy groups -OCH3 is 1. The molecule has 0 saturated heterocycles. The molecule has 1 amide bonds. The Morgan fingerprint density at radius 3 is 2.54 bits per heavy atom. The summed E-state index contributed by atoms with van der Waals surface area (Å²) in [6.07, 6.45) is 8.38. The van der Waals surface area contributed by atoms with Crippen LogP contribution in [0.5, 0.6) is 0 Å². The van der Waals surface area contributed by atoms with Crippen molar-refractivity contribution in [3.05, 3.63) is 48.0 Å². The SMILES string of the molecule is COC(=O)CCCCCC1(C(=O)CNC(=O)c2ccccc2)C=CC=N1. The van der Waals surface area contributed by atoms with Crippen LogP contribution in [0.2, 0.25) is 0 Å². The van der Waals surface area contributed by atoms with Crippen molar-refractivity contribution in [2.45, 2.75) is 37.6 Å². The van der Waals surface area contributed by atoms with Gasteiger partial charge in [-0.2, -0.15) is 0 Å². The van der Waals surface area contributed by atoms with E-state index in [-0.39, 0.29) is 24.2 Å². The van der Waals surface area contributed by atoms with Crippen LogP contribution < -0.4 is 5.32 Å². The molecule has 1 atom stereocenters. The molecule has 26 heavy (non-hydrogen) atoms. The maximum Gasteiger partial charge on any atom is 0.305 e. The molecule has 0 aromatic heterocycles. The highest BCUT2D eigenvalue weighted by Crippen LogP contribution is 2.26. The van der Waals surface area contributed by atoms with E-state index in [0.717, 1.165) is 19.3 Å². The smallest absolute Gasteiger partial charge is 0.305 e. The Labute approximate surface area is 153 Å². The molecule has 138 valence electrons. The van der Waals surface area contributed by atoms with E-state index in [1.165, 1.54) is 7.11 Å². The fourth-order valence-corrected chi connectivity index (χ4v) is 2.82. The lowest BCUT2D eigenvalue weighted by Gasteiger charge is -2.23. The number of esters is 1. The second kappa shape index (κ2) is 9.65. The van der Waals surface area contributed by atoms with Crippen molar-refractivity contribution in [1.29, 1.82) is 0 Å². The molecular weight excluding hydrogens is 332 g/mol. The third kappa shape index (κ3) is 5.37. The Bertz CT molecular complexity index is 683. The predicted molar refractivity (Wildman–Crippen MR) is 99.2 cm³/mol. The number of carbonyl (C=O) groups excluding carboxylic acids is 3. The number of nitrogens with one attached hydrogen (secondary N) is 1. The van der Waals surface area contributed by atoms with Gasteiger partial charge >= 0.3 is 5.97 Å². The molecule has 1 aromatic rings. The van der Waals surface area contributed by atoms with Crippen LogP contribution in [0.4, 0.5) is 0 Å². The molecule has 0 bridgehead atoms. The summed E-state index contributed by atoms with van der Waals surface area (Å²) in [4.78, 5) is 40.2. The van der Waals surface area contributed by atoms with Gasteiger partial charge in [0.25, 0.3) is 5.91 Å². The fraction of sp³-hybridized carbons (Fsp3) is 0.400. The number of aliphatic imine (C=N–C) groups is 1. The van der Waals surface area contributed by atoms with E-state index in [9.17, 15) is 14.4 Å². The summed E-state index contributed by atoms with van der Waals surface area (Å²) in [5.41, 5.74) is -0.391. The van der Waals surface area contributed by atoms with Gasteiger partial charge in [-0.3, -0.25) is 19.4 Å². The van der Waals surface area contributed by atoms with Gasteiger partial charge in [-0.1, -0.05) is 31.0 Å². The van der Waals surface area contributed by atoms with Gasteiger partial charge in [0.15, 0.2) is 5.78 Å². The zero-order valence-corrected chi connectivity index (χ0v) is 14.9. The third-order valence-corrected chi connectivity index (χ3v) is 4.36. The monoisotopic (exact) mass is 356 g/mol. The Morgan fingerprint density at radius 2 is 1.88 bits per heavy atom. The number of ketones is 1. The molecule has 1 heterocycles. The molecule has 1 aromatic carbocycles. The van der Waals surface area contributed by atoms with E-state index in [4.69, 9.17) is 0 Å². The molecule has 6 nitrogen and oxygen atoms in total. The van der Waals surface area contributed by atoms with E-state index in [0.29, 0.717) is 18.4 Å². The molecule has 0 saturated carbocycles. The Hall–Kier alpha value is -2.76. The second-order valence-electron chi connectivity index (χ2n) is 6.17. The van der Waals surface area contributed by atoms with Crippen LogP contribution >= 0.6 is 0 Å². The fourth-order valence-electron chi connectivity index (χ4n) is 2.82. The molecule has 0 fully saturated rings. The molecule has 1 N–H and O–H groups in total. The summed E-state index contributed by atoms with van der Waals surface area (Å²) < 4.78 is 4.61. The predicted octanol–water partition coefficient (Wildman–Crippen LogP) is 2.49. The summed E-state index contributed by atoms with van der Waals surface area (Å²) in [6.45, 7) is -0.0719. The zero-order valence-electron chi connectivity index (χ0n) is 14.9. The minimum atomic E-state index is -0.908. The summed E-state index contributed by atoms with van der Waals surface area (Å²) in [7, 11) is 1.37. The van der Waals surface area contributed by atoms with Crippen molar-refractivity contribution < 1.29 is 19.1 Å². The van der Waals surface area contributed by atoms with Crippen LogP contribution in [0.1, 0.15) is 42.5 Å². The molecule has 0 radical (unpaired) electrons. The van der Waals surface area contributed by atoms with Crippen LogP contribution in [-0.2, 0) is 14.3 Å². The molecule has 1 aliphatic rings. The normalized spacial score (nSPS) is 17.9. The highest BCUT2D eigenvalue weighted by Gasteiger charge is 2.35. The average molecular weight is 356 g/mol. The second-order valence-corrected chi connectivity index (χ2v) is 6.17. The summed E-state index contributed by atoms with van der Waals surface area (Å²) in [5.74, 6) is -0.643. The Morgan fingerprint density at radius 1 is 1.12 bits per heavy atom. The number of carbonyl (C=O) groups is 3. The van der Waals surface area contributed by atoms with Crippen LogP contribution in [0.15, 0.2) is 47.5 Å². The van der Waals surface area contributed by atoms with Gasteiger partial charge in [0, 0.05) is 18.2 Å². The van der Waals surface area contributed by atoms with Gasteiger partial charge in [0.2, 0.25) is 0 Å². The first kappa shape index (κ1) is 19.6. The van der Waals surface area contributed by atoms with E-state index >= 15 is 0 Å². The molecule has 6 heteroatoms. The first-order valence-electron chi connectivity index (χ1n) is 8.74. The van der Waals surface area contributed by atoms with E-state index < -0.39 is 5.54 Å². The number of unbranched alkanes of at least 4 members (excludes halogenated alkanes) is 2. The molecule has 0 spiro atoms. The number of benzene rings is 1. The van der Waals surface area contributed by atoms with Gasteiger partial charge in [-0.05, 0) is 37.1 Å². The highest BCUT2D eigenvalue weighted by molar-refractivity contribution is 6.01. The number of ether oxygens (including phenoxy) is 1. The first-order valence-corrected chi connectivity index (χ1v) is 8.74. The van der Waals surface area contributed by atoms with Gasteiger partial charge in [-0.15, -0.1) is 0 Å². The van der Waals surface area contributed by atoms with Gasteiger partial charge in [-0.25, -0.2) is 0 Å². The number of Topliss-reactive ketones (excluding diaryl/α,β-unsaturated/α-hetero) is 1. The molecule has 1 unspecified atom stereocenters. The molecule has 1 aliphatic heterocycles. The molecule has 0 aliphatic carbocycles. The molecule has 2 rings (SSSR count). The van der Waals surface area contributed by atoms with Crippen molar-refractivity contribution in [2.24, 2.45) is 4.99 Å². The number of nitrogens with zero attached hydrogens (tertiary/aromatic N) is 1. The van der Waals surface area contributed by atoms with Crippen LogP contribution in [0.3, 0.4) is 0 Å². The zero-order chi connectivity index (χ0) is 18.8. The Kier molecular flexibility index (Phi) is 7.26. The maximum atomic E-state index is 12.7. The van der Waals surface area contributed by atoms with Gasteiger partial charge in [0.05, 0.1) is 13.7 Å². The summed E-state index contributed by atoms with van der Waals surface area (Å²) >= 11 is 0. The first-order chi connectivity index (χ1) is 12.6. The van der Waals surface area contributed by atoms with Crippen LogP contribution in [0.25, 0.3) is 0 Å². The van der Waals surface area contributed by atoms with Crippen molar-refractivity contribution in [2.75, 3.05) is 13.7 Å². The van der Waals surface area contributed by atoms with Crippen molar-refractivity contribution in [3.8, 4) is 0 Å². The number of amides is 1. The van der Waals surface area contributed by atoms with Crippen molar-refractivity contribution in [1.82, 2.24) is 5.32 Å². The number of hydrogen-bond acceptors (Lipinski definition) is 5. The summed E-state index contributed by atoms with van der Waals surface area (Å²) in [5, 5.41) is 2.67. The standard InChI is InChI=1S/C20H24N2O4/c1-26-18(24)11-6-3-7-12-20(13-8-14-22-20)17(23)15-21-19(25)16-9-4-2-5-10-16/h2,4-5,8-10,13-14H,3,6-7,11-12,15H2,1H3,(H,21,25). The quantitative estimate of drug-likeness (QED) is 0.516. The largest absolute Gasteiger partial charge is 0.469 e. The van der Waals surface area contributed by atoms with Gasteiger partial charge in [0.1, 0.15) is 5.54 Å². The minimum absolute atomic E-state index is 0.0719. The number of allylic oxidation sites excluding steroid dienone is 1. The minimum Gasteiger partial charge on any atom is -0.469 e. The van der Waals surface area contributed by atoms with Crippen molar-refractivity contribution >= 4 is 23.9 Å². The van der Waals surface area contributed by atoms with Gasteiger partial charge < -0.3 is 10.1 Å². The topological polar surface area (TPSA) is 84.8 Å². The highest BCUT2D eigenvalue weighted by atomic mass is 16.5.